The van der Waals surface area contributed by atoms with Gasteiger partial charge in [0.1, 0.15) is 6.10 Å². The standard InChI is InChI=1S/C9H9BrN2O2/c10-4-8(13)9(14)7-3-6(5-11)1-2-12-7/h1-3,8-9,13-14H,4H2. The average molecular weight is 257 g/mol. The van der Waals surface area contributed by atoms with E-state index in [1.54, 1.807) is 0 Å². The van der Waals surface area contributed by atoms with Gasteiger partial charge in [-0.05, 0) is 12.1 Å². The van der Waals surface area contributed by atoms with E-state index in [-0.39, 0.29) is 5.33 Å². The maximum atomic E-state index is 9.56. The van der Waals surface area contributed by atoms with Gasteiger partial charge in [-0.2, -0.15) is 5.26 Å². The molecule has 0 fully saturated rings. The molecule has 0 aliphatic carbocycles. The summed E-state index contributed by atoms with van der Waals surface area (Å²) in [6.07, 6.45) is -0.558. The highest BCUT2D eigenvalue weighted by atomic mass is 79.9. The summed E-state index contributed by atoms with van der Waals surface area (Å²) < 4.78 is 0. The first-order valence-electron chi connectivity index (χ1n) is 3.97. The van der Waals surface area contributed by atoms with Crippen LogP contribution in [0.2, 0.25) is 0 Å². The van der Waals surface area contributed by atoms with E-state index in [0.29, 0.717) is 11.3 Å². The van der Waals surface area contributed by atoms with Crippen LogP contribution in [-0.2, 0) is 0 Å². The second-order valence-electron chi connectivity index (χ2n) is 2.75. The minimum Gasteiger partial charge on any atom is -0.389 e. The van der Waals surface area contributed by atoms with Crippen molar-refractivity contribution in [2.75, 3.05) is 5.33 Å². The summed E-state index contributed by atoms with van der Waals surface area (Å²) in [5.41, 5.74) is 0.715. The number of nitriles is 1. The molecule has 1 aromatic rings. The lowest BCUT2D eigenvalue weighted by atomic mass is 10.1. The van der Waals surface area contributed by atoms with Gasteiger partial charge >= 0.3 is 0 Å². The van der Waals surface area contributed by atoms with Crippen molar-refractivity contribution in [3.63, 3.8) is 0 Å². The lowest BCUT2D eigenvalue weighted by Gasteiger charge is -2.14. The van der Waals surface area contributed by atoms with Crippen LogP contribution in [0.4, 0.5) is 0 Å². The molecule has 74 valence electrons. The predicted molar refractivity (Wildman–Crippen MR) is 53.7 cm³/mol. The van der Waals surface area contributed by atoms with Crippen LogP contribution >= 0.6 is 15.9 Å². The molecule has 1 heterocycles. The van der Waals surface area contributed by atoms with Gasteiger partial charge < -0.3 is 10.2 Å². The number of aliphatic hydroxyl groups is 2. The summed E-state index contributed by atoms with van der Waals surface area (Å²) in [5, 5.41) is 27.7. The van der Waals surface area contributed by atoms with Crippen LogP contribution in [0.15, 0.2) is 18.3 Å². The van der Waals surface area contributed by atoms with Crippen molar-refractivity contribution in [2.24, 2.45) is 0 Å². The van der Waals surface area contributed by atoms with Crippen molar-refractivity contribution in [1.29, 1.82) is 5.26 Å². The number of hydrogen-bond acceptors (Lipinski definition) is 4. The summed E-state index contributed by atoms with van der Waals surface area (Å²) >= 11 is 3.05. The minimum absolute atomic E-state index is 0.257. The van der Waals surface area contributed by atoms with Gasteiger partial charge in [0.05, 0.1) is 23.4 Å². The first-order chi connectivity index (χ1) is 6.69. The summed E-state index contributed by atoms with van der Waals surface area (Å²) in [4.78, 5) is 3.87. The first kappa shape index (κ1) is 11.1. The summed E-state index contributed by atoms with van der Waals surface area (Å²) in [6.45, 7) is 0. The third kappa shape index (κ3) is 2.51. The van der Waals surface area contributed by atoms with Gasteiger partial charge in [-0.3, -0.25) is 4.98 Å². The average Bonchev–Trinajstić information content (AvgIpc) is 2.27. The summed E-state index contributed by atoms with van der Waals surface area (Å²) in [5.74, 6) is 0. The Bertz CT molecular complexity index is 351. The van der Waals surface area contributed by atoms with E-state index in [1.807, 2.05) is 6.07 Å². The molecule has 0 bridgehead atoms. The molecule has 0 amide bonds. The van der Waals surface area contributed by atoms with Crippen molar-refractivity contribution in [1.82, 2.24) is 4.98 Å². The van der Waals surface area contributed by atoms with E-state index in [2.05, 4.69) is 20.9 Å². The number of hydrogen-bond donors (Lipinski definition) is 2. The van der Waals surface area contributed by atoms with Gasteiger partial charge in [-0.15, -0.1) is 0 Å². The Morgan fingerprint density at radius 1 is 1.57 bits per heavy atom. The molecule has 2 unspecified atom stereocenters. The molecule has 0 aromatic carbocycles. The highest BCUT2D eigenvalue weighted by molar-refractivity contribution is 9.09. The Labute approximate surface area is 90.0 Å². The Hall–Kier alpha value is -0.960. The number of nitrogens with zero attached hydrogens (tertiary/aromatic N) is 2. The minimum atomic E-state index is -1.07. The molecule has 4 nitrogen and oxygen atoms in total. The molecule has 0 spiro atoms. The van der Waals surface area contributed by atoms with E-state index in [4.69, 9.17) is 5.26 Å². The van der Waals surface area contributed by atoms with Crippen molar-refractivity contribution in [3.8, 4) is 6.07 Å². The summed E-state index contributed by atoms with van der Waals surface area (Å²) in [6, 6.07) is 4.93. The molecule has 0 aliphatic heterocycles. The Morgan fingerprint density at radius 3 is 2.86 bits per heavy atom. The van der Waals surface area contributed by atoms with E-state index in [9.17, 15) is 10.2 Å². The molecule has 0 saturated heterocycles. The Morgan fingerprint density at radius 2 is 2.29 bits per heavy atom. The number of aliphatic hydroxyl groups excluding tert-OH is 2. The monoisotopic (exact) mass is 256 g/mol. The number of aromatic nitrogens is 1. The maximum Gasteiger partial charge on any atom is 0.123 e. The van der Waals surface area contributed by atoms with Crippen LogP contribution in [0.1, 0.15) is 17.4 Å². The zero-order chi connectivity index (χ0) is 10.6. The van der Waals surface area contributed by atoms with Gasteiger partial charge in [0, 0.05) is 11.5 Å². The second-order valence-corrected chi connectivity index (χ2v) is 3.40. The molecule has 0 radical (unpaired) electrons. The fourth-order valence-electron chi connectivity index (χ4n) is 0.961. The fraction of sp³-hybridized carbons (Fsp3) is 0.333. The molecule has 1 aromatic heterocycles. The molecule has 5 heteroatoms. The Balaban J connectivity index is 2.91. The molecule has 2 N–H and O–H groups in total. The quantitative estimate of drug-likeness (QED) is 0.783. The van der Waals surface area contributed by atoms with Crippen LogP contribution in [0.5, 0.6) is 0 Å². The van der Waals surface area contributed by atoms with Crippen molar-refractivity contribution in [2.45, 2.75) is 12.2 Å². The smallest absolute Gasteiger partial charge is 0.123 e. The zero-order valence-corrected chi connectivity index (χ0v) is 8.85. The number of pyridine rings is 1. The lowest BCUT2D eigenvalue weighted by molar-refractivity contribution is 0.0315. The molecule has 0 saturated carbocycles. The van der Waals surface area contributed by atoms with E-state index < -0.39 is 12.2 Å². The summed E-state index contributed by atoms with van der Waals surface area (Å²) in [7, 11) is 0. The van der Waals surface area contributed by atoms with Crippen molar-refractivity contribution < 1.29 is 10.2 Å². The fourth-order valence-corrected chi connectivity index (χ4v) is 1.32. The number of rotatable bonds is 3. The SMILES string of the molecule is N#Cc1ccnc(C(O)C(O)CBr)c1. The van der Waals surface area contributed by atoms with Crippen LogP contribution in [0, 0.1) is 11.3 Å². The largest absolute Gasteiger partial charge is 0.389 e. The predicted octanol–water partition coefficient (Wildman–Crippen LogP) is 0.742. The van der Waals surface area contributed by atoms with E-state index in [0.717, 1.165) is 0 Å². The van der Waals surface area contributed by atoms with Gasteiger partial charge in [-0.1, -0.05) is 15.9 Å². The van der Waals surface area contributed by atoms with E-state index in [1.165, 1.54) is 18.3 Å². The van der Waals surface area contributed by atoms with Crippen LogP contribution in [0.25, 0.3) is 0 Å². The normalized spacial score (nSPS) is 14.4. The second kappa shape index (κ2) is 5.05. The maximum absolute atomic E-state index is 9.56. The van der Waals surface area contributed by atoms with Gasteiger partial charge in [-0.25, -0.2) is 0 Å². The topological polar surface area (TPSA) is 77.1 Å². The van der Waals surface area contributed by atoms with Crippen LogP contribution in [-0.4, -0.2) is 26.6 Å². The van der Waals surface area contributed by atoms with E-state index >= 15 is 0 Å². The van der Waals surface area contributed by atoms with Crippen LogP contribution < -0.4 is 0 Å². The van der Waals surface area contributed by atoms with Gasteiger partial charge in [0.15, 0.2) is 0 Å². The molecule has 2 atom stereocenters. The molecule has 1 rings (SSSR count). The van der Waals surface area contributed by atoms with Crippen molar-refractivity contribution in [3.05, 3.63) is 29.6 Å². The highest BCUT2D eigenvalue weighted by Gasteiger charge is 2.18. The van der Waals surface area contributed by atoms with Gasteiger partial charge in [0.2, 0.25) is 0 Å². The lowest BCUT2D eigenvalue weighted by Crippen LogP contribution is -2.20. The molecular weight excluding hydrogens is 248 g/mol. The number of alkyl halides is 1. The third-order valence-electron chi connectivity index (χ3n) is 1.74. The molecule has 0 aliphatic rings. The number of halogens is 1. The molecular formula is C9H9BrN2O2. The highest BCUT2D eigenvalue weighted by Crippen LogP contribution is 2.16. The first-order valence-corrected chi connectivity index (χ1v) is 5.09. The van der Waals surface area contributed by atoms with Crippen LogP contribution in [0.3, 0.4) is 0 Å². The van der Waals surface area contributed by atoms with Crippen molar-refractivity contribution >= 4 is 15.9 Å². The zero-order valence-electron chi connectivity index (χ0n) is 7.26. The molecule has 14 heavy (non-hydrogen) atoms. The Kier molecular flexibility index (Phi) is 4.01. The van der Waals surface area contributed by atoms with Gasteiger partial charge in [0.25, 0.3) is 0 Å². The third-order valence-corrected chi connectivity index (χ3v) is 2.40.